The number of methoxy groups -OCH3 is 1. The Morgan fingerprint density at radius 1 is 1.37 bits per heavy atom. The van der Waals surface area contributed by atoms with Crippen LogP contribution in [0.15, 0.2) is 18.5 Å². The Bertz CT molecular complexity index is 588. The third-order valence-electron chi connectivity index (χ3n) is 2.53. The summed E-state index contributed by atoms with van der Waals surface area (Å²) < 4.78 is 10.4. The molecule has 0 atom stereocenters. The molecule has 7 nitrogen and oxygen atoms in total. The van der Waals surface area contributed by atoms with Gasteiger partial charge in [-0.15, -0.1) is 0 Å². The standard InChI is InChI=1S/C12H14N4O3/c1-18-2-3-19-11-5-9-8(4-10(11)16-7-17)12(13)15-6-14-9/h4-7H,2-3H2,1H3,(H,16,17)(H2,13,14,15). The highest BCUT2D eigenvalue weighted by Gasteiger charge is 2.09. The molecule has 0 saturated carbocycles. The lowest BCUT2D eigenvalue weighted by Gasteiger charge is -2.12. The molecule has 2 rings (SSSR count). The zero-order chi connectivity index (χ0) is 13.7. The van der Waals surface area contributed by atoms with Gasteiger partial charge in [-0.25, -0.2) is 9.97 Å². The van der Waals surface area contributed by atoms with E-state index in [0.29, 0.717) is 47.8 Å². The van der Waals surface area contributed by atoms with E-state index in [1.807, 2.05) is 0 Å². The number of fused-ring (bicyclic) bond motifs is 1. The molecule has 0 saturated heterocycles. The van der Waals surface area contributed by atoms with Crippen molar-refractivity contribution in [2.75, 3.05) is 31.4 Å². The Hall–Kier alpha value is -2.41. The number of hydrogen-bond acceptors (Lipinski definition) is 6. The Labute approximate surface area is 109 Å². The number of nitrogens with one attached hydrogen (secondary N) is 1. The van der Waals surface area contributed by atoms with E-state index in [0.717, 1.165) is 0 Å². The molecule has 0 aliphatic carbocycles. The minimum Gasteiger partial charge on any atom is -0.489 e. The maximum absolute atomic E-state index is 10.6. The summed E-state index contributed by atoms with van der Waals surface area (Å²) in [6, 6.07) is 3.38. The molecular weight excluding hydrogens is 248 g/mol. The molecule has 2 aromatic rings. The van der Waals surface area contributed by atoms with Gasteiger partial charge in [0, 0.05) is 18.6 Å². The van der Waals surface area contributed by atoms with E-state index in [9.17, 15) is 4.79 Å². The van der Waals surface area contributed by atoms with E-state index < -0.39 is 0 Å². The van der Waals surface area contributed by atoms with Crippen LogP contribution in [0.1, 0.15) is 0 Å². The third-order valence-corrected chi connectivity index (χ3v) is 2.53. The van der Waals surface area contributed by atoms with Crippen LogP contribution in [0.3, 0.4) is 0 Å². The van der Waals surface area contributed by atoms with Gasteiger partial charge in [0.2, 0.25) is 6.41 Å². The van der Waals surface area contributed by atoms with Crippen molar-refractivity contribution in [3.05, 3.63) is 18.5 Å². The van der Waals surface area contributed by atoms with Gasteiger partial charge in [0.1, 0.15) is 24.5 Å². The van der Waals surface area contributed by atoms with Crippen molar-refractivity contribution in [1.82, 2.24) is 9.97 Å². The second-order valence-corrected chi connectivity index (χ2v) is 3.73. The van der Waals surface area contributed by atoms with Crippen molar-refractivity contribution in [3.8, 4) is 5.75 Å². The Kier molecular flexibility index (Phi) is 4.09. The molecular formula is C12H14N4O3. The van der Waals surface area contributed by atoms with Gasteiger partial charge in [-0.1, -0.05) is 0 Å². The summed E-state index contributed by atoms with van der Waals surface area (Å²) in [6.45, 7) is 0.820. The van der Waals surface area contributed by atoms with E-state index in [1.165, 1.54) is 6.33 Å². The summed E-state index contributed by atoms with van der Waals surface area (Å²) in [7, 11) is 1.59. The Balaban J connectivity index is 2.42. The van der Waals surface area contributed by atoms with Gasteiger partial charge in [0.25, 0.3) is 0 Å². The summed E-state index contributed by atoms with van der Waals surface area (Å²) in [6.07, 6.45) is 1.95. The van der Waals surface area contributed by atoms with Gasteiger partial charge in [-0.3, -0.25) is 4.79 Å². The maximum atomic E-state index is 10.6. The number of hydrogen-bond donors (Lipinski definition) is 2. The van der Waals surface area contributed by atoms with Gasteiger partial charge in [0.05, 0.1) is 17.8 Å². The summed E-state index contributed by atoms with van der Waals surface area (Å²) in [5.74, 6) is 0.858. The second-order valence-electron chi connectivity index (χ2n) is 3.73. The lowest BCUT2D eigenvalue weighted by Crippen LogP contribution is -2.07. The summed E-state index contributed by atoms with van der Waals surface area (Å²) in [5.41, 5.74) is 6.93. The van der Waals surface area contributed by atoms with E-state index >= 15 is 0 Å². The third kappa shape index (κ3) is 2.89. The Morgan fingerprint density at radius 2 is 2.21 bits per heavy atom. The van der Waals surface area contributed by atoms with Crippen LogP contribution in [-0.2, 0) is 9.53 Å². The molecule has 1 heterocycles. The second kappa shape index (κ2) is 5.96. The lowest BCUT2D eigenvalue weighted by molar-refractivity contribution is -0.105. The molecule has 19 heavy (non-hydrogen) atoms. The molecule has 1 aromatic carbocycles. The largest absolute Gasteiger partial charge is 0.489 e. The normalized spacial score (nSPS) is 10.4. The van der Waals surface area contributed by atoms with Crippen LogP contribution < -0.4 is 15.8 Å². The fourth-order valence-corrected chi connectivity index (χ4v) is 1.63. The number of rotatable bonds is 6. The van der Waals surface area contributed by atoms with Crippen LogP contribution in [0.2, 0.25) is 0 Å². The number of carbonyl (C=O) groups is 1. The van der Waals surface area contributed by atoms with Crippen molar-refractivity contribution in [2.45, 2.75) is 0 Å². The molecule has 100 valence electrons. The van der Waals surface area contributed by atoms with Gasteiger partial charge in [-0.2, -0.15) is 0 Å². The molecule has 1 amide bonds. The van der Waals surface area contributed by atoms with E-state index in [-0.39, 0.29) is 0 Å². The number of aromatic nitrogens is 2. The van der Waals surface area contributed by atoms with Crippen molar-refractivity contribution in [2.24, 2.45) is 0 Å². The van der Waals surface area contributed by atoms with Crippen LogP contribution in [0.25, 0.3) is 10.9 Å². The molecule has 0 spiro atoms. The number of nitrogens with two attached hydrogens (primary N) is 1. The molecule has 0 aliphatic heterocycles. The minimum absolute atomic E-state index is 0.349. The highest BCUT2D eigenvalue weighted by molar-refractivity contribution is 5.94. The van der Waals surface area contributed by atoms with Gasteiger partial charge in [0.15, 0.2) is 0 Å². The van der Waals surface area contributed by atoms with Crippen molar-refractivity contribution in [3.63, 3.8) is 0 Å². The molecule has 0 bridgehead atoms. The van der Waals surface area contributed by atoms with Crippen LogP contribution >= 0.6 is 0 Å². The first-order chi connectivity index (χ1) is 9.26. The topological polar surface area (TPSA) is 99.4 Å². The summed E-state index contributed by atoms with van der Waals surface area (Å²) in [4.78, 5) is 18.6. The summed E-state index contributed by atoms with van der Waals surface area (Å²) in [5, 5.41) is 3.22. The van der Waals surface area contributed by atoms with E-state index in [2.05, 4.69) is 15.3 Å². The number of benzene rings is 1. The van der Waals surface area contributed by atoms with Crippen LogP contribution in [0.4, 0.5) is 11.5 Å². The number of carbonyl (C=O) groups excluding carboxylic acids is 1. The smallest absolute Gasteiger partial charge is 0.211 e. The number of nitrogens with zero attached hydrogens (tertiary/aromatic N) is 2. The number of nitrogen functional groups attached to an aromatic ring is 1. The van der Waals surface area contributed by atoms with Crippen LogP contribution in [-0.4, -0.2) is 36.7 Å². The first kappa shape index (κ1) is 13.0. The quantitative estimate of drug-likeness (QED) is 0.590. The zero-order valence-electron chi connectivity index (χ0n) is 10.4. The first-order valence-electron chi connectivity index (χ1n) is 5.62. The van der Waals surface area contributed by atoms with Gasteiger partial charge >= 0.3 is 0 Å². The first-order valence-corrected chi connectivity index (χ1v) is 5.62. The van der Waals surface area contributed by atoms with Crippen LogP contribution in [0.5, 0.6) is 5.75 Å². The van der Waals surface area contributed by atoms with E-state index in [4.69, 9.17) is 15.2 Å². The molecule has 0 unspecified atom stereocenters. The highest BCUT2D eigenvalue weighted by Crippen LogP contribution is 2.31. The monoisotopic (exact) mass is 262 g/mol. The van der Waals surface area contributed by atoms with Gasteiger partial charge in [-0.05, 0) is 6.07 Å². The van der Waals surface area contributed by atoms with Gasteiger partial charge < -0.3 is 20.5 Å². The van der Waals surface area contributed by atoms with Crippen molar-refractivity contribution in [1.29, 1.82) is 0 Å². The van der Waals surface area contributed by atoms with Crippen LogP contribution in [0, 0.1) is 0 Å². The predicted molar refractivity (Wildman–Crippen MR) is 71.0 cm³/mol. The minimum atomic E-state index is 0.349. The molecule has 7 heteroatoms. The maximum Gasteiger partial charge on any atom is 0.211 e. The fraction of sp³-hybridized carbons (Fsp3) is 0.250. The molecule has 1 aromatic heterocycles. The SMILES string of the molecule is COCCOc1cc2ncnc(N)c2cc1NC=O. The average Bonchev–Trinajstić information content (AvgIpc) is 2.41. The molecule has 3 N–H and O–H groups in total. The number of ether oxygens (including phenoxy) is 2. The number of anilines is 2. The predicted octanol–water partition coefficient (Wildman–Crippen LogP) is 0.805. The van der Waals surface area contributed by atoms with Crippen molar-refractivity contribution >= 4 is 28.8 Å². The lowest BCUT2D eigenvalue weighted by atomic mass is 10.2. The number of amides is 1. The highest BCUT2D eigenvalue weighted by atomic mass is 16.5. The zero-order valence-corrected chi connectivity index (χ0v) is 10.4. The molecule has 0 radical (unpaired) electrons. The average molecular weight is 262 g/mol. The molecule has 0 fully saturated rings. The summed E-state index contributed by atoms with van der Waals surface area (Å²) >= 11 is 0. The van der Waals surface area contributed by atoms with E-state index in [1.54, 1.807) is 19.2 Å². The molecule has 0 aliphatic rings. The Morgan fingerprint density at radius 3 is 2.95 bits per heavy atom. The fourth-order valence-electron chi connectivity index (χ4n) is 1.63. The van der Waals surface area contributed by atoms with Crippen molar-refractivity contribution < 1.29 is 14.3 Å².